The van der Waals surface area contributed by atoms with Gasteiger partial charge in [-0.15, -0.1) is 0 Å². The molecule has 1 aromatic heterocycles. The molecule has 0 atom stereocenters. The molecule has 3 aromatic carbocycles. The lowest BCUT2D eigenvalue weighted by Crippen LogP contribution is -2.43. The van der Waals surface area contributed by atoms with E-state index in [1.54, 1.807) is 12.1 Å². The molecular formula is C29H29FN2O2. The van der Waals surface area contributed by atoms with Crippen molar-refractivity contribution in [1.82, 2.24) is 9.47 Å². The number of fused-ring (bicyclic) bond motifs is 3. The number of likely N-dealkylation sites (tertiary alicyclic amines) is 1. The minimum absolute atomic E-state index is 0.0776. The highest BCUT2D eigenvalue weighted by atomic mass is 19.1. The van der Waals surface area contributed by atoms with Gasteiger partial charge < -0.3 is 18.9 Å². The van der Waals surface area contributed by atoms with E-state index in [4.69, 9.17) is 9.47 Å². The van der Waals surface area contributed by atoms with E-state index < -0.39 is 0 Å². The van der Waals surface area contributed by atoms with Crippen molar-refractivity contribution in [3.63, 3.8) is 0 Å². The molecule has 0 bridgehead atoms. The highest BCUT2D eigenvalue weighted by Gasteiger charge is 2.42. The Kier molecular flexibility index (Phi) is 5.60. The first kappa shape index (κ1) is 21.4. The molecule has 2 aliphatic heterocycles. The maximum absolute atomic E-state index is 13.4. The number of ether oxygens (including phenoxy) is 2. The third-order valence-corrected chi connectivity index (χ3v) is 7.33. The van der Waals surface area contributed by atoms with E-state index in [0.717, 1.165) is 67.8 Å². The van der Waals surface area contributed by atoms with Crippen LogP contribution >= 0.6 is 0 Å². The van der Waals surface area contributed by atoms with Gasteiger partial charge in [-0.05, 0) is 66.8 Å². The van der Waals surface area contributed by atoms with Crippen molar-refractivity contribution >= 4 is 10.9 Å². The minimum atomic E-state index is -0.232. The monoisotopic (exact) mass is 456 g/mol. The summed E-state index contributed by atoms with van der Waals surface area (Å²) in [4.78, 5) is 2.53. The van der Waals surface area contributed by atoms with E-state index in [0.29, 0.717) is 6.61 Å². The summed E-state index contributed by atoms with van der Waals surface area (Å²) in [6.45, 7) is 4.54. The van der Waals surface area contributed by atoms with Gasteiger partial charge in [-0.3, -0.25) is 0 Å². The van der Waals surface area contributed by atoms with Crippen molar-refractivity contribution in [2.75, 3.05) is 26.2 Å². The van der Waals surface area contributed by atoms with E-state index >= 15 is 0 Å². The Morgan fingerprint density at radius 3 is 2.53 bits per heavy atom. The van der Waals surface area contributed by atoms with E-state index in [9.17, 15) is 4.39 Å². The summed E-state index contributed by atoms with van der Waals surface area (Å²) < 4.78 is 28.0. The summed E-state index contributed by atoms with van der Waals surface area (Å²) >= 11 is 0. The molecule has 0 radical (unpaired) electrons. The van der Waals surface area contributed by atoms with Gasteiger partial charge in [0.15, 0.2) is 0 Å². The fourth-order valence-electron chi connectivity index (χ4n) is 5.48. The average Bonchev–Trinajstić information content (AvgIpc) is 3.43. The smallest absolute Gasteiger partial charge is 0.145 e. The average molecular weight is 457 g/mol. The van der Waals surface area contributed by atoms with Crippen molar-refractivity contribution in [2.45, 2.75) is 31.5 Å². The summed E-state index contributed by atoms with van der Waals surface area (Å²) in [6.07, 6.45) is 5.09. The number of piperidine rings is 1. The Hall–Kier alpha value is -3.15. The molecule has 1 spiro atoms. The number of rotatable bonds is 6. The fourth-order valence-corrected chi connectivity index (χ4v) is 5.48. The molecule has 0 saturated carbocycles. The van der Waals surface area contributed by atoms with Gasteiger partial charge in [0, 0.05) is 30.7 Å². The van der Waals surface area contributed by atoms with Gasteiger partial charge in [-0.1, -0.05) is 36.4 Å². The molecule has 0 N–H and O–H groups in total. The Labute approximate surface area is 199 Å². The molecule has 1 saturated heterocycles. The van der Waals surface area contributed by atoms with Gasteiger partial charge in [0.25, 0.3) is 0 Å². The third-order valence-electron chi connectivity index (χ3n) is 7.33. The number of aromatic nitrogens is 1. The molecule has 1 fully saturated rings. The van der Waals surface area contributed by atoms with E-state index in [1.165, 1.54) is 23.3 Å². The first-order chi connectivity index (χ1) is 16.7. The largest absolute Gasteiger partial charge is 0.491 e. The summed E-state index contributed by atoms with van der Waals surface area (Å²) in [6, 6.07) is 23.4. The maximum atomic E-state index is 13.4. The molecule has 174 valence electrons. The van der Waals surface area contributed by atoms with Crippen LogP contribution in [-0.2, 0) is 16.9 Å². The molecule has 0 unspecified atom stereocenters. The second-order valence-electron chi connectivity index (χ2n) is 9.34. The lowest BCUT2D eigenvalue weighted by Gasteiger charge is -2.39. The zero-order valence-electron chi connectivity index (χ0n) is 19.3. The van der Waals surface area contributed by atoms with Gasteiger partial charge in [-0.2, -0.15) is 0 Å². The van der Waals surface area contributed by atoms with Crippen LogP contribution in [0.1, 0.15) is 30.4 Å². The number of benzene rings is 3. The van der Waals surface area contributed by atoms with Crippen LogP contribution in [0.15, 0.2) is 79.0 Å². The van der Waals surface area contributed by atoms with Crippen LogP contribution in [-0.4, -0.2) is 35.7 Å². The molecule has 3 heterocycles. The molecule has 0 amide bonds. The molecule has 5 heteroatoms. The van der Waals surface area contributed by atoms with Gasteiger partial charge in [-0.25, -0.2) is 4.39 Å². The fraction of sp³-hybridized carbons (Fsp3) is 0.310. The van der Waals surface area contributed by atoms with Crippen LogP contribution in [0.2, 0.25) is 0 Å². The van der Waals surface area contributed by atoms with Crippen LogP contribution in [0.5, 0.6) is 5.75 Å². The maximum Gasteiger partial charge on any atom is 0.145 e. The van der Waals surface area contributed by atoms with Crippen LogP contribution in [0.4, 0.5) is 4.39 Å². The molecule has 0 aliphatic carbocycles. The standard InChI is InChI=1S/C29H29FN2O2/c30-23-10-12-24(13-11-23)32-20-28(25-7-2-4-9-27(25)32)33-19-5-16-31-17-14-29(15-18-31)26-8-3-1-6-22(26)21-34-29/h1-4,6-13,20H,5,14-19,21H2. The Morgan fingerprint density at radius 1 is 0.912 bits per heavy atom. The lowest BCUT2D eigenvalue weighted by atomic mass is 9.84. The zero-order chi connectivity index (χ0) is 23.0. The van der Waals surface area contributed by atoms with Gasteiger partial charge in [0.1, 0.15) is 11.6 Å². The Bertz CT molecular complexity index is 1290. The van der Waals surface area contributed by atoms with Gasteiger partial charge >= 0.3 is 0 Å². The zero-order valence-corrected chi connectivity index (χ0v) is 19.3. The summed E-state index contributed by atoms with van der Waals surface area (Å²) in [7, 11) is 0. The van der Waals surface area contributed by atoms with Crippen LogP contribution in [0, 0.1) is 5.82 Å². The lowest BCUT2D eigenvalue weighted by molar-refractivity contribution is -0.0790. The molecule has 4 nitrogen and oxygen atoms in total. The Morgan fingerprint density at radius 2 is 1.68 bits per heavy atom. The van der Waals surface area contributed by atoms with Gasteiger partial charge in [0.2, 0.25) is 0 Å². The second-order valence-corrected chi connectivity index (χ2v) is 9.34. The number of hydrogen-bond donors (Lipinski definition) is 0. The predicted octanol–water partition coefficient (Wildman–Crippen LogP) is 6.06. The second kappa shape index (κ2) is 8.90. The molecular weight excluding hydrogens is 427 g/mol. The molecule has 4 aromatic rings. The van der Waals surface area contributed by atoms with E-state index in [-0.39, 0.29) is 11.4 Å². The van der Waals surface area contributed by atoms with Crippen molar-refractivity contribution in [3.05, 3.63) is 95.9 Å². The number of hydrogen-bond acceptors (Lipinski definition) is 3. The van der Waals surface area contributed by atoms with Crippen molar-refractivity contribution in [2.24, 2.45) is 0 Å². The summed E-state index contributed by atoms with van der Waals surface area (Å²) in [5.74, 6) is 0.637. The number of nitrogens with zero attached hydrogens (tertiary/aromatic N) is 2. The van der Waals surface area contributed by atoms with E-state index in [1.807, 2.05) is 18.3 Å². The first-order valence-corrected chi connectivity index (χ1v) is 12.2. The van der Waals surface area contributed by atoms with Crippen LogP contribution in [0.3, 0.4) is 0 Å². The summed E-state index contributed by atoms with van der Waals surface area (Å²) in [5.41, 5.74) is 4.65. The Balaban J connectivity index is 1.06. The van der Waals surface area contributed by atoms with Crippen LogP contribution < -0.4 is 4.74 Å². The topological polar surface area (TPSA) is 26.6 Å². The highest BCUT2D eigenvalue weighted by Crippen LogP contribution is 2.44. The highest BCUT2D eigenvalue weighted by molar-refractivity contribution is 5.88. The predicted molar refractivity (Wildman–Crippen MR) is 132 cm³/mol. The van der Waals surface area contributed by atoms with E-state index in [2.05, 4.69) is 45.9 Å². The summed E-state index contributed by atoms with van der Waals surface area (Å²) in [5, 5.41) is 1.07. The minimum Gasteiger partial charge on any atom is -0.491 e. The van der Waals surface area contributed by atoms with Crippen molar-refractivity contribution in [1.29, 1.82) is 0 Å². The number of para-hydroxylation sites is 1. The van der Waals surface area contributed by atoms with Crippen LogP contribution in [0.25, 0.3) is 16.6 Å². The molecule has 2 aliphatic rings. The first-order valence-electron chi connectivity index (χ1n) is 12.2. The molecule has 6 rings (SSSR count). The molecule has 34 heavy (non-hydrogen) atoms. The van der Waals surface area contributed by atoms with Gasteiger partial charge in [0.05, 0.1) is 30.5 Å². The number of halogens is 1. The quantitative estimate of drug-likeness (QED) is 0.330. The SMILES string of the molecule is Fc1ccc(-n2cc(OCCCN3CCC4(CC3)OCc3ccccc34)c3ccccc32)cc1. The van der Waals surface area contributed by atoms with Crippen molar-refractivity contribution in [3.8, 4) is 11.4 Å². The normalized spacial score (nSPS) is 17.3. The van der Waals surface area contributed by atoms with Crippen molar-refractivity contribution < 1.29 is 13.9 Å². The third kappa shape index (κ3) is 3.89.